The van der Waals surface area contributed by atoms with E-state index in [0.29, 0.717) is 16.3 Å². The largest absolute Gasteiger partial charge is 0.323 e. The highest BCUT2D eigenvalue weighted by Gasteiger charge is 2.13. The van der Waals surface area contributed by atoms with Gasteiger partial charge in [0, 0.05) is 34.4 Å². The molecule has 2 atom stereocenters. The zero-order chi connectivity index (χ0) is 23.3. The van der Waals surface area contributed by atoms with Gasteiger partial charge in [-0.05, 0) is 48.5 Å². The van der Waals surface area contributed by atoms with E-state index in [-0.39, 0.29) is 23.0 Å². The van der Waals surface area contributed by atoms with Gasteiger partial charge in [0.25, 0.3) is 0 Å². The second-order valence-electron chi connectivity index (χ2n) is 6.52. The van der Waals surface area contributed by atoms with Gasteiger partial charge in [-0.25, -0.2) is 22.5 Å². The van der Waals surface area contributed by atoms with E-state index in [2.05, 4.69) is 24.6 Å². The van der Waals surface area contributed by atoms with Crippen molar-refractivity contribution in [2.75, 3.05) is 10.6 Å². The van der Waals surface area contributed by atoms with Gasteiger partial charge in [0.2, 0.25) is 5.97 Å². The summed E-state index contributed by atoms with van der Waals surface area (Å²) in [7, 11) is 0.424. The van der Waals surface area contributed by atoms with Crippen molar-refractivity contribution in [1.29, 1.82) is 5.41 Å². The summed E-state index contributed by atoms with van der Waals surface area (Å²) in [6.45, 7) is -0.273. The van der Waals surface area contributed by atoms with E-state index in [1.54, 1.807) is 6.07 Å². The van der Waals surface area contributed by atoms with Crippen LogP contribution >= 0.6 is 9.24 Å². The van der Waals surface area contributed by atoms with Crippen molar-refractivity contribution in [2.24, 2.45) is 0 Å². The maximum Gasteiger partial charge on any atom is 0.323 e. The molecule has 0 spiro atoms. The van der Waals surface area contributed by atoms with Crippen molar-refractivity contribution >= 4 is 48.9 Å². The van der Waals surface area contributed by atoms with Crippen molar-refractivity contribution in [2.45, 2.75) is 11.4 Å². The Morgan fingerprint density at radius 1 is 1.00 bits per heavy atom. The summed E-state index contributed by atoms with van der Waals surface area (Å²) >= 11 is 0. The molecule has 4 N–H and O–H groups in total. The highest BCUT2D eigenvalue weighted by molar-refractivity contribution is 7.83. The smallest absolute Gasteiger partial charge is 0.308 e. The first kappa shape index (κ1) is 23.6. The van der Waals surface area contributed by atoms with Crippen LogP contribution in [0.1, 0.15) is 11.1 Å². The molecular formula is C21H18F3N4O2PS. The maximum atomic E-state index is 14.0. The number of rotatable bonds is 7. The number of carbonyl (C=O) groups is 1. The molecule has 0 aliphatic heterocycles. The Morgan fingerprint density at radius 3 is 2.38 bits per heavy atom. The minimum atomic E-state index is -1.74. The lowest BCUT2D eigenvalue weighted by Crippen LogP contribution is -2.21. The molecule has 166 valence electrons. The number of halogens is 3. The predicted octanol–water partition coefficient (Wildman–Crippen LogP) is 4.22. The molecule has 0 heterocycles. The summed E-state index contributed by atoms with van der Waals surface area (Å²) in [6, 6.07) is 13.6. The number of hydrogen-bond donors (Lipinski definition) is 4. The third kappa shape index (κ3) is 6.00. The number of amides is 2. The molecule has 3 rings (SSSR count). The lowest BCUT2D eigenvalue weighted by molar-refractivity contribution is 0.262. The molecule has 3 aromatic carbocycles. The van der Waals surface area contributed by atoms with Crippen LogP contribution in [0, 0.1) is 17.0 Å². The highest BCUT2D eigenvalue weighted by Crippen LogP contribution is 2.16. The molecule has 2 unspecified atom stereocenters. The molecule has 0 fully saturated rings. The number of anilines is 2. The van der Waals surface area contributed by atoms with E-state index in [1.807, 2.05) is 0 Å². The van der Waals surface area contributed by atoms with E-state index in [0.717, 1.165) is 6.07 Å². The van der Waals surface area contributed by atoms with Crippen molar-refractivity contribution in [3.8, 4) is 0 Å². The van der Waals surface area contributed by atoms with Gasteiger partial charge < -0.3 is 10.6 Å². The van der Waals surface area contributed by atoms with Crippen LogP contribution in [0.3, 0.4) is 0 Å². The Labute approximate surface area is 186 Å². The molecule has 0 saturated carbocycles. The number of carbonyl (C=O) groups excluding carboxylic acids is 1. The van der Waals surface area contributed by atoms with Crippen LogP contribution in [0.25, 0.3) is 0 Å². The van der Waals surface area contributed by atoms with E-state index in [9.17, 15) is 22.2 Å². The molecule has 32 heavy (non-hydrogen) atoms. The maximum absolute atomic E-state index is 14.0. The second kappa shape index (κ2) is 10.5. The Hall–Kier alpha value is -3.07. The first-order chi connectivity index (χ1) is 15.2. The summed E-state index contributed by atoms with van der Waals surface area (Å²) in [5.74, 6) is -2.57. The van der Waals surface area contributed by atoms with Crippen LogP contribution in [0.15, 0.2) is 65.6 Å². The number of hydrogen-bond acceptors (Lipinski definition) is 3. The van der Waals surface area contributed by atoms with Gasteiger partial charge in [-0.2, -0.15) is 4.39 Å². The third-order valence-electron chi connectivity index (χ3n) is 4.30. The molecule has 6 nitrogen and oxygen atoms in total. The van der Waals surface area contributed by atoms with Gasteiger partial charge in [0.1, 0.15) is 22.6 Å². The molecule has 0 aromatic heterocycles. The SMILES string of the molecule is N=C(F)c1cccc(NC(=O)Nc2ccc(S(=O)NCc3c(F)ccc(P)c3F)cc2)c1. The van der Waals surface area contributed by atoms with Gasteiger partial charge >= 0.3 is 6.03 Å². The monoisotopic (exact) mass is 478 g/mol. The van der Waals surface area contributed by atoms with E-state index in [1.165, 1.54) is 48.5 Å². The Bertz CT molecular complexity index is 1190. The summed E-state index contributed by atoms with van der Waals surface area (Å²) in [5.41, 5.74) is 0.517. The van der Waals surface area contributed by atoms with Crippen LogP contribution in [0.4, 0.5) is 29.3 Å². The molecule has 0 aliphatic carbocycles. The fourth-order valence-corrected chi connectivity index (χ4v) is 3.78. The van der Waals surface area contributed by atoms with Gasteiger partial charge in [-0.1, -0.05) is 12.1 Å². The predicted molar refractivity (Wildman–Crippen MR) is 122 cm³/mol. The normalized spacial score (nSPS) is 11.6. The van der Waals surface area contributed by atoms with Crippen molar-refractivity contribution in [3.63, 3.8) is 0 Å². The molecule has 2 amide bonds. The van der Waals surface area contributed by atoms with Crippen molar-refractivity contribution in [1.82, 2.24) is 4.72 Å². The summed E-state index contributed by atoms with van der Waals surface area (Å²) in [4.78, 5) is 12.5. The second-order valence-corrected chi connectivity index (χ2v) is 8.44. The zero-order valence-electron chi connectivity index (χ0n) is 16.4. The lowest BCUT2D eigenvalue weighted by atomic mass is 10.2. The van der Waals surface area contributed by atoms with Crippen molar-refractivity contribution < 1.29 is 22.2 Å². The molecule has 0 radical (unpaired) electrons. The summed E-state index contributed by atoms with van der Waals surface area (Å²) in [5, 5.41) is 12.3. The van der Waals surface area contributed by atoms with E-state index < -0.39 is 34.6 Å². The number of benzene rings is 3. The Morgan fingerprint density at radius 2 is 1.69 bits per heavy atom. The average molecular weight is 478 g/mol. The van der Waals surface area contributed by atoms with Crippen LogP contribution in [0.2, 0.25) is 0 Å². The third-order valence-corrected chi connectivity index (χ3v) is 5.85. The van der Waals surface area contributed by atoms with Gasteiger partial charge in [0.05, 0.1) is 4.90 Å². The topological polar surface area (TPSA) is 94.1 Å². The first-order valence-electron chi connectivity index (χ1n) is 9.15. The first-order valence-corrected chi connectivity index (χ1v) is 10.9. The summed E-state index contributed by atoms with van der Waals surface area (Å²) < 4.78 is 55.8. The van der Waals surface area contributed by atoms with Crippen molar-refractivity contribution in [3.05, 3.63) is 83.4 Å². The van der Waals surface area contributed by atoms with Crippen LogP contribution in [0.5, 0.6) is 0 Å². The van der Waals surface area contributed by atoms with Crippen LogP contribution in [-0.4, -0.2) is 16.2 Å². The Kier molecular flexibility index (Phi) is 7.74. The molecule has 3 aromatic rings. The Balaban J connectivity index is 1.58. The minimum absolute atomic E-state index is 0.0336. The molecule has 11 heteroatoms. The minimum Gasteiger partial charge on any atom is -0.308 e. The summed E-state index contributed by atoms with van der Waals surface area (Å²) in [6.07, 6.45) is 0. The average Bonchev–Trinajstić information content (AvgIpc) is 2.77. The molecule has 0 bridgehead atoms. The van der Waals surface area contributed by atoms with Gasteiger partial charge in [0.15, 0.2) is 0 Å². The molecule has 0 aliphatic rings. The number of nitrogens with one attached hydrogen (secondary N) is 4. The van der Waals surface area contributed by atoms with Gasteiger partial charge in [-0.15, -0.1) is 9.24 Å². The van der Waals surface area contributed by atoms with Crippen LogP contribution in [-0.2, 0) is 17.5 Å². The number of urea groups is 1. The quantitative estimate of drug-likeness (QED) is 0.302. The molecule has 0 saturated heterocycles. The van der Waals surface area contributed by atoms with E-state index >= 15 is 0 Å². The highest BCUT2D eigenvalue weighted by atomic mass is 32.2. The van der Waals surface area contributed by atoms with Gasteiger partial charge in [-0.3, -0.25) is 5.41 Å². The lowest BCUT2D eigenvalue weighted by Gasteiger charge is -2.10. The zero-order valence-corrected chi connectivity index (χ0v) is 18.4. The fraction of sp³-hybridized carbons (Fsp3) is 0.0476. The van der Waals surface area contributed by atoms with Crippen LogP contribution < -0.4 is 20.7 Å². The fourth-order valence-electron chi connectivity index (χ4n) is 2.69. The standard InChI is InChI=1S/C21H18F3N4O2PS/c22-17-8-9-18(31)19(23)16(17)11-26-32(30)15-6-4-13(5-7-15)27-21(29)28-14-3-1-2-12(10-14)20(24)25/h1-10,25-26H,11,31H2,(H2,27,28,29). The molecular weight excluding hydrogens is 460 g/mol. The van der Waals surface area contributed by atoms with E-state index in [4.69, 9.17) is 5.41 Å².